The Morgan fingerprint density at radius 1 is 1.23 bits per heavy atom. The average molecular weight is 241 g/mol. The van der Waals surface area contributed by atoms with E-state index in [4.69, 9.17) is 0 Å². The summed E-state index contributed by atoms with van der Waals surface area (Å²) in [6.07, 6.45) is 2.54. The van der Waals surface area contributed by atoms with E-state index in [0.29, 0.717) is 10.7 Å². The Balaban J connectivity index is 2.62. The summed E-state index contributed by atoms with van der Waals surface area (Å²) in [5.41, 5.74) is 1.39. The van der Waals surface area contributed by atoms with E-state index in [0.717, 1.165) is 0 Å². The summed E-state index contributed by atoms with van der Waals surface area (Å²) in [7, 11) is 0. The molecule has 0 saturated heterocycles. The Bertz CT molecular complexity index is 230. The zero-order valence-electron chi connectivity index (χ0n) is 8.33. The molecule has 0 radical (unpaired) electrons. The van der Waals surface area contributed by atoms with Crippen LogP contribution in [0.2, 0.25) is 0 Å². The molecule has 1 rings (SSSR count). The highest BCUT2D eigenvalue weighted by molar-refractivity contribution is 9.09. The van der Waals surface area contributed by atoms with Crippen LogP contribution in [0.15, 0.2) is 30.3 Å². The second-order valence-electron chi connectivity index (χ2n) is 3.58. The molecule has 0 heterocycles. The Morgan fingerprint density at radius 2 is 1.85 bits per heavy atom. The zero-order valence-corrected chi connectivity index (χ0v) is 9.92. The number of alkyl halides is 1. The van der Waals surface area contributed by atoms with Crippen LogP contribution in [0.25, 0.3) is 0 Å². The summed E-state index contributed by atoms with van der Waals surface area (Å²) in [4.78, 5) is 0.508. The highest BCUT2D eigenvalue weighted by atomic mass is 79.9. The molecule has 1 heteroatoms. The van der Waals surface area contributed by atoms with Gasteiger partial charge in [-0.1, -0.05) is 66.5 Å². The SMILES string of the molecule is CCCC(C)C(Br)c1ccccc1. The fourth-order valence-corrected chi connectivity index (χ4v) is 2.14. The van der Waals surface area contributed by atoms with E-state index in [9.17, 15) is 0 Å². The van der Waals surface area contributed by atoms with Crippen molar-refractivity contribution in [1.82, 2.24) is 0 Å². The molecule has 0 N–H and O–H groups in total. The van der Waals surface area contributed by atoms with E-state index < -0.39 is 0 Å². The summed E-state index contributed by atoms with van der Waals surface area (Å²) < 4.78 is 0. The van der Waals surface area contributed by atoms with Gasteiger partial charge in [-0.2, -0.15) is 0 Å². The van der Waals surface area contributed by atoms with Gasteiger partial charge < -0.3 is 0 Å². The summed E-state index contributed by atoms with van der Waals surface area (Å²) in [6, 6.07) is 10.6. The van der Waals surface area contributed by atoms with Gasteiger partial charge in [-0.15, -0.1) is 0 Å². The highest BCUT2D eigenvalue weighted by Gasteiger charge is 2.14. The number of rotatable bonds is 4. The van der Waals surface area contributed by atoms with Crippen molar-refractivity contribution in [2.45, 2.75) is 31.5 Å². The van der Waals surface area contributed by atoms with Crippen molar-refractivity contribution in [1.29, 1.82) is 0 Å². The van der Waals surface area contributed by atoms with Gasteiger partial charge in [0.2, 0.25) is 0 Å². The molecule has 1 aromatic rings. The lowest BCUT2D eigenvalue weighted by molar-refractivity contribution is 0.519. The van der Waals surface area contributed by atoms with Gasteiger partial charge in [-0.3, -0.25) is 0 Å². The van der Waals surface area contributed by atoms with Gasteiger partial charge in [0.15, 0.2) is 0 Å². The molecule has 0 aliphatic heterocycles. The lowest BCUT2D eigenvalue weighted by atomic mass is 9.97. The van der Waals surface area contributed by atoms with E-state index in [2.05, 4.69) is 60.1 Å². The van der Waals surface area contributed by atoms with Crippen molar-refractivity contribution < 1.29 is 0 Å². The van der Waals surface area contributed by atoms with Crippen molar-refractivity contribution in [3.8, 4) is 0 Å². The maximum atomic E-state index is 3.75. The molecule has 0 aromatic heterocycles. The fraction of sp³-hybridized carbons (Fsp3) is 0.500. The molecule has 0 bridgehead atoms. The lowest BCUT2D eigenvalue weighted by Crippen LogP contribution is -2.02. The maximum Gasteiger partial charge on any atom is 0.0420 e. The van der Waals surface area contributed by atoms with Crippen LogP contribution >= 0.6 is 15.9 Å². The number of hydrogen-bond acceptors (Lipinski definition) is 0. The van der Waals surface area contributed by atoms with Crippen LogP contribution in [-0.2, 0) is 0 Å². The van der Waals surface area contributed by atoms with Gasteiger partial charge in [-0.25, -0.2) is 0 Å². The third-order valence-corrected chi connectivity index (χ3v) is 3.79. The first-order chi connectivity index (χ1) is 6.25. The van der Waals surface area contributed by atoms with E-state index in [1.54, 1.807) is 0 Å². The monoisotopic (exact) mass is 240 g/mol. The van der Waals surface area contributed by atoms with E-state index in [-0.39, 0.29) is 0 Å². The molecule has 0 spiro atoms. The maximum absolute atomic E-state index is 3.75. The van der Waals surface area contributed by atoms with E-state index >= 15 is 0 Å². The van der Waals surface area contributed by atoms with Crippen LogP contribution in [0.4, 0.5) is 0 Å². The zero-order chi connectivity index (χ0) is 9.68. The first-order valence-corrected chi connectivity index (χ1v) is 5.86. The quantitative estimate of drug-likeness (QED) is 0.678. The molecule has 0 saturated carbocycles. The molecule has 13 heavy (non-hydrogen) atoms. The highest BCUT2D eigenvalue weighted by Crippen LogP contribution is 2.33. The van der Waals surface area contributed by atoms with Gasteiger partial charge >= 0.3 is 0 Å². The predicted octanol–water partition coefficient (Wildman–Crippen LogP) is 4.56. The van der Waals surface area contributed by atoms with Crippen LogP contribution in [-0.4, -0.2) is 0 Å². The second-order valence-corrected chi connectivity index (χ2v) is 4.56. The van der Waals surface area contributed by atoms with Crippen LogP contribution < -0.4 is 0 Å². The van der Waals surface area contributed by atoms with Crippen molar-refractivity contribution in [2.24, 2.45) is 5.92 Å². The molecule has 0 fully saturated rings. The molecule has 0 nitrogen and oxygen atoms in total. The minimum atomic E-state index is 0.508. The Labute approximate surface area is 89.5 Å². The largest absolute Gasteiger partial charge is 0.0836 e. The van der Waals surface area contributed by atoms with Crippen LogP contribution in [0.5, 0.6) is 0 Å². The molecular formula is C12H17Br. The molecule has 1 aromatic carbocycles. The molecule has 0 amide bonds. The van der Waals surface area contributed by atoms with Gasteiger partial charge in [0.25, 0.3) is 0 Å². The molecule has 72 valence electrons. The third kappa shape index (κ3) is 3.15. The van der Waals surface area contributed by atoms with Gasteiger partial charge in [-0.05, 0) is 17.9 Å². The van der Waals surface area contributed by atoms with E-state index in [1.165, 1.54) is 18.4 Å². The summed E-state index contributed by atoms with van der Waals surface area (Å²) >= 11 is 3.75. The van der Waals surface area contributed by atoms with Crippen LogP contribution in [0.3, 0.4) is 0 Å². The number of benzene rings is 1. The van der Waals surface area contributed by atoms with Gasteiger partial charge in [0, 0.05) is 4.83 Å². The molecular weight excluding hydrogens is 224 g/mol. The van der Waals surface area contributed by atoms with Crippen molar-refractivity contribution in [2.75, 3.05) is 0 Å². The Morgan fingerprint density at radius 3 is 2.38 bits per heavy atom. The number of hydrogen-bond donors (Lipinski definition) is 0. The smallest absolute Gasteiger partial charge is 0.0420 e. The number of halogens is 1. The molecule has 0 aliphatic rings. The van der Waals surface area contributed by atoms with Gasteiger partial charge in [0.1, 0.15) is 0 Å². The minimum Gasteiger partial charge on any atom is -0.0836 e. The second kappa shape index (κ2) is 5.43. The minimum absolute atomic E-state index is 0.508. The summed E-state index contributed by atoms with van der Waals surface area (Å²) in [5.74, 6) is 0.715. The first-order valence-electron chi connectivity index (χ1n) is 4.94. The normalized spacial score (nSPS) is 15.3. The summed E-state index contributed by atoms with van der Waals surface area (Å²) in [5, 5.41) is 0. The van der Waals surface area contributed by atoms with Crippen LogP contribution in [0, 0.1) is 5.92 Å². The average Bonchev–Trinajstić information content (AvgIpc) is 2.18. The Hall–Kier alpha value is -0.300. The fourth-order valence-electron chi connectivity index (χ4n) is 1.57. The predicted molar refractivity (Wildman–Crippen MR) is 62.2 cm³/mol. The standard InChI is InChI=1S/C12H17Br/c1-3-7-10(2)12(13)11-8-5-4-6-9-11/h4-6,8-10,12H,3,7H2,1-2H3. The van der Waals surface area contributed by atoms with Crippen molar-refractivity contribution in [3.05, 3.63) is 35.9 Å². The van der Waals surface area contributed by atoms with Crippen molar-refractivity contribution in [3.63, 3.8) is 0 Å². The molecule has 0 aliphatic carbocycles. The lowest BCUT2D eigenvalue weighted by Gasteiger charge is -2.17. The third-order valence-electron chi connectivity index (χ3n) is 2.36. The topological polar surface area (TPSA) is 0 Å². The van der Waals surface area contributed by atoms with E-state index in [1.807, 2.05) is 0 Å². The molecule has 2 unspecified atom stereocenters. The first kappa shape index (κ1) is 10.8. The van der Waals surface area contributed by atoms with Crippen LogP contribution in [0.1, 0.15) is 37.1 Å². The van der Waals surface area contributed by atoms with Gasteiger partial charge in [0.05, 0.1) is 0 Å². The summed E-state index contributed by atoms with van der Waals surface area (Å²) in [6.45, 7) is 4.54. The van der Waals surface area contributed by atoms with Crippen molar-refractivity contribution >= 4 is 15.9 Å². The molecule has 2 atom stereocenters. The Kier molecular flexibility index (Phi) is 4.51.